The van der Waals surface area contributed by atoms with Crippen LogP contribution in [0.1, 0.15) is 41.7 Å². The summed E-state index contributed by atoms with van der Waals surface area (Å²) < 4.78 is 16.5. The van der Waals surface area contributed by atoms with Gasteiger partial charge in [0, 0.05) is 18.0 Å². The Morgan fingerprint density at radius 3 is 2.75 bits per heavy atom. The molecule has 1 saturated heterocycles. The molecule has 0 saturated carbocycles. The second-order valence-electron chi connectivity index (χ2n) is 7.00. The van der Waals surface area contributed by atoms with Crippen LogP contribution in [-0.2, 0) is 13.0 Å². The number of ether oxygens (including phenoxy) is 2. The normalized spacial score (nSPS) is 17.0. The minimum atomic E-state index is 0.245. The molecule has 6 heteroatoms. The zero-order chi connectivity index (χ0) is 19.3. The molecule has 1 aliphatic heterocycles. The molecule has 0 unspecified atom stereocenters. The summed E-state index contributed by atoms with van der Waals surface area (Å²) in [6.07, 6.45) is 2.86. The van der Waals surface area contributed by atoms with E-state index >= 15 is 0 Å². The topological polar surface area (TPSA) is 60.6 Å². The largest absolute Gasteiger partial charge is 0.497 e. The Kier molecular flexibility index (Phi) is 5.58. The Bertz CT molecular complexity index is 910. The number of rotatable bonds is 7. The monoisotopic (exact) mass is 379 g/mol. The molecular weight excluding hydrogens is 354 g/mol. The first-order valence-electron chi connectivity index (χ1n) is 9.58. The fourth-order valence-corrected chi connectivity index (χ4v) is 3.85. The van der Waals surface area contributed by atoms with E-state index in [0.29, 0.717) is 18.9 Å². The van der Waals surface area contributed by atoms with Crippen molar-refractivity contribution < 1.29 is 14.0 Å². The summed E-state index contributed by atoms with van der Waals surface area (Å²) in [7, 11) is 3.39. The Hall–Kier alpha value is -2.86. The quantitative estimate of drug-likeness (QED) is 0.618. The van der Waals surface area contributed by atoms with E-state index in [-0.39, 0.29) is 6.04 Å². The Morgan fingerprint density at radius 2 is 1.96 bits per heavy atom. The number of nitrogens with zero attached hydrogens (tertiary/aromatic N) is 3. The van der Waals surface area contributed by atoms with Gasteiger partial charge in [-0.15, -0.1) is 0 Å². The van der Waals surface area contributed by atoms with Crippen molar-refractivity contribution in [2.45, 2.75) is 31.8 Å². The van der Waals surface area contributed by atoms with Crippen LogP contribution in [0.5, 0.6) is 11.5 Å². The van der Waals surface area contributed by atoms with Gasteiger partial charge in [0.1, 0.15) is 11.5 Å². The van der Waals surface area contributed by atoms with Crippen molar-refractivity contribution in [3.8, 4) is 11.5 Å². The third-order valence-corrected chi connectivity index (χ3v) is 5.21. The molecule has 1 aromatic heterocycles. The maximum atomic E-state index is 5.59. The van der Waals surface area contributed by atoms with E-state index in [1.54, 1.807) is 14.2 Å². The van der Waals surface area contributed by atoms with E-state index < -0.39 is 0 Å². The SMILES string of the molecule is COc1ccc(OC)c([C@@H]2CCCN2Cc2nc(Cc3ccccc3)no2)c1. The fourth-order valence-electron chi connectivity index (χ4n) is 3.85. The molecule has 0 aliphatic carbocycles. The molecule has 0 N–H and O–H groups in total. The average Bonchev–Trinajstić information content (AvgIpc) is 3.38. The Labute approximate surface area is 165 Å². The summed E-state index contributed by atoms with van der Waals surface area (Å²) in [4.78, 5) is 6.97. The number of methoxy groups -OCH3 is 2. The van der Waals surface area contributed by atoms with Gasteiger partial charge in [-0.2, -0.15) is 4.98 Å². The Balaban J connectivity index is 1.49. The van der Waals surface area contributed by atoms with E-state index in [0.717, 1.165) is 42.3 Å². The van der Waals surface area contributed by atoms with Crippen LogP contribution in [0.4, 0.5) is 0 Å². The summed E-state index contributed by atoms with van der Waals surface area (Å²) >= 11 is 0. The third kappa shape index (κ3) is 4.02. The standard InChI is InChI=1S/C22H25N3O3/c1-26-17-10-11-20(27-2)18(14-17)19-9-6-12-25(19)15-22-23-21(24-28-22)13-16-7-4-3-5-8-16/h3-5,7-8,10-11,14,19H,6,9,12-13,15H2,1-2H3/t19-/m0/s1. The van der Waals surface area contributed by atoms with E-state index in [1.165, 1.54) is 5.56 Å². The maximum absolute atomic E-state index is 5.59. The number of hydrogen-bond donors (Lipinski definition) is 0. The highest BCUT2D eigenvalue weighted by Crippen LogP contribution is 2.39. The molecule has 2 heterocycles. The first-order valence-corrected chi connectivity index (χ1v) is 9.58. The molecule has 28 heavy (non-hydrogen) atoms. The van der Waals surface area contributed by atoms with Gasteiger partial charge in [-0.05, 0) is 43.1 Å². The summed E-state index contributed by atoms with van der Waals surface area (Å²) in [6.45, 7) is 1.62. The van der Waals surface area contributed by atoms with Gasteiger partial charge >= 0.3 is 0 Å². The van der Waals surface area contributed by atoms with Crippen LogP contribution in [0.3, 0.4) is 0 Å². The molecule has 1 aliphatic rings. The molecule has 6 nitrogen and oxygen atoms in total. The van der Waals surface area contributed by atoms with Crippen LogP contribution in [0.2, 0.25) is 0 Å². The predicted octanol–water partition coefficient (Wildman–Crippen LogP) is 4.01. The van der Waals surface area contributed by atoms with Gasteiger partial charge in [0.15, 0.2) is 5.82 Å². The predicted molar refractivity (Wildman–Crippen MR) is 105 cm³/mol. The number of hydrogen-bond acceptors (Lipinski definition) is 6. The lowest BCUT2D eigenvalue weighted by Gasteiger charge is -2.25. The van der Waals surface area contributed by atoms with E-state index in [9.17, 15) is 0 Å². The molecule has 146 valence electrons. The Morgan fingerprint density at radius 1 is 1.11 bits per heavy atom. The number of benzene rings is 2. The van der Waals surface area contributed by atoms with Crippen LogP contribution < -0.4 is 9.47 Å². The molecular formula is C22H25N3O3. The number of aromatic nitrogens is 2. The first kappa shape index (κ1) is 18.5. The smallest absolute Gasteiger partial charge is 0.240 e. The van der Waals surface area contributed by atoms with Crippen molar-refractivity contribution in [2.75, 3.05) is 20.8 Å². The van der Waals surface area contributed by atoms with Gasteiger partial charge in [0.05, 0.1) is 20.8 Å². The van der Waals surface area contributed by atoms with Crippen molar-refractivity contribution in [2.24, 2.45) is 0 Å². The molecule has 3 aromatic rings. The lowest BCUT2D eigenvalue weighted by atomic mass is 10.0. The van der Waals surface area contributed by atoms with Gasteiger partial charge in [-0.3, -0.25) is 4.90 Å². The number of likely N-dealkylation sites (tertiary alicyclic amines) is 1. The highest BCUT2D eigenvalue weighted by atomic mass is 16.5. The molecule has 0 amide bonds. The van der Waals surface area contributed by atoms with Crippen LogP contribution in [0.25, 0.3) is 0 Å². The zero-order valence-corrected chi connectivity index (χ0v) is 16.3. The van der Waals surface area contributed by atoms with Crippen LogP contribution in [0, 0.1) is 0 Å². The lowest BCUT2D eigenvalue weighted by molar-refractivity contribution is 0.208. The fraction of sp³-hybridized carbons (Fsp3) is 0.364. The summed E-state index contributed by atoms with van der Waals surface area (Å²) in [6, 6.07) is 16.4. The van der Waals surface area contributed by atoms with Crippen molar-refractivity contribution in [3.63, 3.8) is 0 Å². The van der Waals surface area contributed by atoms with Crippen molar-refractivity contribution in [1.82, 2.24) is 15.0 Å². The molecule has 4 rings (SSSR count). The van der Waals surface area contributed by atoms with Gasteiger partial charge in [-0.1, -0.05) is 35.5 Å². The van der Waals surface area contributed by atoms with Crippen molar-refractivity contribution >= 4 is 0 Å². The van der Waals surface area contributed by atoms with Crippen LogP contribution in [-0.4, -0.2) is 35.8 Å². The zero-order valence-electron chi connectivity index (χ0n) is 16.3. The van der Waals surface area contributed by atoms with Gasteiger partial charge in [0.25, 0.3) is 0 Å². The molecule has 2 aromatic carbocycles. The van der Waals surface area contributed by atoms with E-state index in [1.807, 2.05) is 30.3 Å². The van der Waals surface area contributed by atoms with E-state index in [4.69, 9.17) is 14.0 Å². The van der Waals surface area contributed by atoms with E-state index in [2.05, 4.69) is 33.2 Å². The molecule has 1 fully saturated rings. The molecule has 0 bridgehead atoms. The molecule has 0 spiro atoms. The van der Waals surface area contributed by atoms with Gasteiger partial charge < -0.3 is 14.0 Å². The average molecular weight is 379 g/mol. The second-order valence-corrected chi connectivity index (χ2v) is 7.00. The second kappa shape index (κ2) is 8.44. The summed E-state index contributed by atoms with van der Waals surface area (Å²) in [5.74, 6) is 3.09. The maximum Gasteiger partial charge on any atom is 0.240 e. The minimum Gasteiger partial charge on any atom is -0.497 e. The highest BCUT2D eigenvalue weighted by Gasteiger charge is 2.30. The highest BCUT2D eigenvalue weighted by molar-refractivity contribution is 5.42. The van der Waals surface area contributed by atoms with Crippen molar-refractivity contribution in [3.05, 3.63) is 71.4 Å². The summed E-state index contributed by atoms with van der Waals surface area (Å²) in [5, 5.41) is 4.15. The molecule has 1 atom stereocenters. The minimum absolute atomic E-state index is 0.245. The van der Waals surface area contributed by atoms with Gasteiger partial charge in [0.2, 0.25) is 5.89 Å². The molecule has 0 radical (unpaired) electrons. The lowest BCUT2D eigenvalue weighted by Crippen LogP contribution is -2.23. The van der Waals surface area contributed by atoms with Crippen molar-refractivity contribution in [1.29, 1.82) is 0 Å². The van der Waals surface area contributed by atoms with Crippen LogP contribution in [0.15, 0.2) is 53.1 Å². The van der Waals surface area contributed by atoms with Crippen LogP contribution >= 0.6 is 0 Å². The summed E-state index contributed by atoms with van der Waals surface area (Å²) in [5.41, 5.74) is 2.32. The van der Waals surface area contributed by atoms with Gasteiger partial charge in [-0.25, -0.2) is 0 Å². The third-order valence-electron chi connectivity index (χ3n) is 5.21. The first-order chi connectivity index (χ1) is 13.8.